The van der Waals surface area contributed by atoms with Gasteiger partial charge in [-0.1, -0.05) is 30.3 Å². The van der Waals surface area contributed by atoms with E-state index in [-0.39, 0.29) is 6.61 Å². The Bertz CT molecular complexity index is 1030. The summed E-state index contributed by atoms with van der Waals surface area (Å²) in [6.07, 6.45) is 0.323. The van der Waals surface area contributed by atoms with Gasteiger partial charge in [-0.15, -0.1) is 0 Å². The van der Waals surface area contributed by atoms with Crippen LogP contribution in [0.1, 0.15) is 15.9 Å². The number of nitrogens with one attached hydrogen (secondary N) is 1. The second kappa shape index (κ2) is 32.0. The Balaban J connectivity index is 1.16. The third-order valence-electron chi connectivity index (χ3n) is 6.22. The van der Waals surface area contributed by atoms with E-state index in [1.54, 1.807) is 24.3 Å². The fourth-order valence-corrected chi connectivity index (χ4v) is 3.72. The minimum Gasteiger partial charge on any atom is -0.491 e. The third-order valence-corrected chi connectivity index (χ3v) is 6.22. The van der Waals surface area contributed by atoms with Crippen LogP contribution in [-0.4, -0.2) is 144 Å². The standard InChI is InChI=1S/C35H53NO13/c37-30-32-6-8-34(9-7-32)48-29-28-47-27-26-46-25-24-45-23-22-44-21-20-43-19-18-42-17-16-41-15-14-40-13-12-39-11-10-36-35(38)49-31-33-4-2-1-3-5-33/h1-9,30H,10-29,31H2,(H,36,38). The summed E-state index contributed by atoms with van der Waals surface area (Å²) in [5.41, 5.74) is 1.55. The van der Waals surface area contributed by atoms with Crippen molar-refractivity contribution in [1.29, 1.82) is 0 Å². The van der Waals surface area contributed by atoms with Crippen molar-refractivity contribution in [1.82, 2.24) is 5.32 Å². The molecular weight excluding hydrogens is 642 g/mol. The molecule has 2 rings (SSSR count). The summed E-state index contributed by atoms with van der Waals surface area (Å²) >= 11 is 0. The number of benzene rings is 2. The average Bonchev–Trinajstić information content (AvgIpc) is 3.13. The molecule has 2 aromatic rings. The van der Waals surface area contributed by atoms with E-state index in [0.717, 1.165) is 11.8 Å². The van der Waals surface area contributed by atoms with Gasteiger partial charge < -0.3 is 57.4 Å². The van der Waals surface area contributed by atoms with Crippen LogP contribution in [0.5, 0.6) is 5.75 Å². The first-order valence-electron chi connectivity index (χ1n) is 16.6. The van der Waals surface area contributed by atoms with Gasteiger partial charge in [-0.2, -0.15) is 0 Å². The minimum absolute atomic E-state index is 0.235. The van der Waals surface area contributed by atoms with Gasteiger partial charge in [-0.3, -0.25) is 4.79 Å². The summed E-state index contributed by atoms with van der Waals surface area (Å²) in [6, 6.07) is 16.4. The maximum atomic E-state index is 11.6. The molecule has 0 saturated carbocycles. The van der Waals surface area contributed by atoms with Crippen LogP contribution >= 0.6 is 0 Å². The molecule has 0 spiro atoms. The van der Waals surface area contributed by atoms with Gasteiger partial charge in [0.2, 0.25) is 0 Å². The van der Waals surface area contributed by atoms with Gasteiger partial charge in [0.15, 0.2) is 0 Å². The maximum absolute atomic E-state index is 11.6. The van der Waals surface area contributed by atoms with Crippen LogP contribution in [-0.2, 0) is 54.0 Å². The van der Waals surface area contributed by atoms with Gasteiger partial charge in [-0.25, -0.2) is 4.79 Å². The Morgan fingerprint density at radius 2 is 0.878 bits per heavy atom. The van der Waals surface area contributed by atoms with Crippen LogP contribution in [0.15, 0.2) is 54.6 Å². The zero-order valence-corrected chi connectivity index (χ0v) is 28.4. The summed E-state index contributed by atoms with van der Waals surface area (Å²) < 4.78 is 59.8. The van der Waals surface area contributed by atoms with E-state index in [1.165, 1.54) is 0 Å². The van der Waals surface area contributed by atoms with Crippen LogP contribution in [0.2, 0.25) is 0 Å². The molecule has 1 amide bonds. The van der Waals surface area contributed by atoms with Gasteiger partial charge in [0.1, 0.15) is 25.2 Å². The van der Waals surface area contributed by atoms with Gasteiger partial charge in [-0.05, 0) is 29.8 Å². The number of carbonyl (C=O) groups excluding carboxylic acids is 2. The number of alkyl carbamates (subject to hydrolysis) is 1. The highest BCUT2D eigenvalue weighted by molar-refractivity contribution is 5.74. The molecule has 0 atom stereocenters. The van der Waals surface area contributed by atoms with Crippen LogP contribution in [0.3, 0.4) is 0 Å². The molecule has 0 radical (unpaired) electrons. The highest BCUT2D eigenvalue weighted by atomic mass is 16.6. The SMILES string of the molecule is O=Cc1ccc(OCCOCCOCCOCCOCCOCCOCCOCCOCCOCCNC(=O)OCc2ccccc2)cc1. The molecule has 0 aliphatic rings. The van der Waals surface area contributed by atoms with E-state index >= 15 is 0 Å². The van der Waals surface area contributed by atoms with E-state index in [4.69, 9.17) is 52.1 Å². The number of hydrogen-bond donors (Lipinski definition) is 1. The number of aldehydes is 1. The lowest BCUT2D eigenvalue weighted by molar-refractivity contribution is -0.0253. The molecule has 0 fully saturated rings. The van der Waals surface area contributed by atoms with Gasteiger partial charge in [0.05, 0.1) is 119 Å². The average molecular weight is 696 g/mol. The summed E-state index contributed by atoms with van der Waals surface area (Å²) in [7, 11) is 0. The van der Waals surface area contributed by atoms with E-state index in [9.17, 15) is 9.59 Å². The van der Waals surface area contributed by atoms with Crippen LogP contribution < -0.4 is 10.1 Å². The Labute approximate surface area is 289 Å². The van der Waals surface area contributed by atoms with E-state index in [1.807, 2.05) is 30.3 Å². The highest BCUT2D eigenvalue weighted by Gasteiger charge is 2.02. The molecule has 0 saturated heterocycles. The molecule has 276 valence electrons. The van der Waals surface area contributed by atoms with E-state index in [2.05, 4.69) is 5.32 Å². The van der Waals surface area contributed by atoms with Crippen molar-refractivity contribution >= 4 is 12.4 Å². The van der Waals surface area contributed by atoms with E-state index in [0.29, 0.717) is 143 Å². The van der Waals surface area contributed by atoms with Gasteiger partial charge >= 0.3 is 6.09 Å². The maximum Gasteiger partial charge on any atom is 0.407 e. The fraction of sp³-hybridized carbons (Fsp3) is 0.600. The first-order chi connectivity index (χ1) is 24.3. The molecule has 0 bridgehead atoms. The van der Waals surface area contributed by atoms with Crippen molar-refractivity contribution < 1.29 is 61.7 Å². The Hall–Kier alpha value is -3.18. The zero-order chi connectivity index (χ0) is 34.7. The van der Waals surface area contributed by atoms with Crippen molar-refractivity contribution in [3.8, 4) is 5.75 Å². The molecule has 14 nitrogen and oxygen atoms in total. The second-order valence-corrected chi connectivity index (χ2v) is 10.0. The lowest BCUT2D eigenvalue weighted by Crippen LogP contribution is -2.28. The predicted molar refractivity (Wildman–Crippen MR) is 179 cm³/mol. The second-order valence-electron chi connectivity index (χ2n) is 10.0. The molecular formula is C35H53NO13. The first kappa shape index (κ1) is 42.0. The topological polar surface area (TPSA) is 148 Å². The van der Waals surface area contributed by atoms with Crippen molar-refractivity contribution in [2.24, 2.45) is 0 Å². The smallest absolute Gasteiger partial charge is 0.407 e. The lowest BCUT2D eigenvalue weighted by Gasteiger charge is -2.09. The number of ether oxygens (including phenoxy) is 11. The Kier molecular flexibility index (Phi) is 27.5. The van der Waals surface area contributed by atoms with Crippen LogP contribution in [0.25, 0.3) is 0 Å². The van der Waals surface area contributed by atoms with Crippen molar-refractivity contribution in [3.05, 3.63) is 65.7 Å². The fourth-order valence-electron chi connectivity index (χ4n) is 3.72. The molecule has 49 heavy (non-hydrogen) atoms. The Morgan fingerprint density at radius 3 is 1.29 bits per heavy atom. The van der Waals surface area contributed by atoms with Crippen molar-refractivity contribution in [2.75, 3.05) is 132 Å². The van der Waals surface area contributed by atoms with Crippen LogP contribution in [0, 0.1) is 0 Å². The van der Waals surface area contributed by atoms with Gasteiger partial charge in [0.25, 0.3) is 0 Å². The lowest BCUT2D eigenvalue weighted by atomic mass is 10.2. The van der Waals surface area contributed by atoms with Crippen molar-refractivity contribution in [3.63, 3.8) is 0 Å². The minimum atomic E-state index is -0.472. The molecule has 0 aliphatic carbocycles. The molecule has 1 N–H and O–H groups in total. The molecule has 2 aromatic carbocycles. The summed E-state index contributed by atoms with van der Waals surface area (Å²) in [4.78, 5) is 22.3. The van der Waals surface area contributed by atoms with Crippen molar-refractivity contribution in [2.45, 2.75) is 6.61 Å². The normalized spacial score (nSPS) is 11.0. The quantitative estimate of drug-likeness (QED) is 0.0846. The highest BCUT2D eigenvalue weighted by Crippen LogP contribution is 2.10. The Morgan fingerprint density at radius 1 is 0.490 bits per heavy atom. The molecule has 0 heterocycles. The number of amides is 1. The molecule has 0 aromatic heterocycles. The van der Waals surface area contributed by atoms with Gasteiger partial charge in [0, 0.05) is 12.1 Å². The zero-order valence-electron chi connectivity index (χ0n) is 28.4. The number of hydrogen-bond acceptors (Lipinski definition) is 13. The largest absolute Gasteiger partial charge is 0.491 e. The van der Waals surface area contributed by atoms with E-state index < -0.39 is 6.09 Å². The monoisotopic (exact) mass is 695 g/mol. The summed E-state index contributed by atoms with van der Waals surface area (Å²) in [5.74, 6) is 0.700. The van der Waals surface area contributed by atoms with Crippen LogP contribution in [0.4, 0.5) is 4.79 Å². The first-order valence-corrected chi connectivity index (χ1v) is 16.6. The third kappa shape index (κ3) is 26.4. The predicted octanol–water partition coefficient (Wildman–Crippen LogP) is 2.95. The number of rotatable bonds is 34. The molecule has 0 aliphatic heterocycles. The summed E-state index contributed by atoms with van der Waals surface area (Å²) in [5, 5.41) is 2.64. The summed E-state index contributed by atoms with van der Waals surface area (Å²) in [6.45, 7) is 9.45. The number of carbonyl (C=O) groups is 2. The molecule has 14 heteroatoms. The molecule has 0 unspecified atom stereocenters.